The number of aryl methyl sites for hydroxylation is 1. The minimum Gasteiger partial charge on any atom is -0.310 e. The summed E-state index contributed by atoms with van der Waals surface area (Å²) in [4.78, 5) is 0. The molecule has 0 atom stereocenters. The van der Waals surface area contributed by atoms with Crippen molar-refractivity contribution in [1.29, 1.82) is 0 Å². The molecule has 2 nitrogen and oxygen atoms in total. The third kappa shape index (κ3) is 3.42. The van der Waals surface area contributed by atoms with Gasteiger partial charge in [-0.2, -0.15) is 0 Å². The molecule has 0 amide bonds. The average Bonchev–Trinajstić information content (AvgIpc) is 3.82. The van der Waals surface area contributed by atoms with E-state index in [0.717, 1.165) is 12.8 Å². The first-order valence-corrected chi connectivity index (χ1v) is 17.8. The lowest BCUT2D eigenvalue weighted by Crippen LogP contribution is -2.15. The van der Waals surface area contributed by atoms with E-state index in [1.807, 2.05) is 11.3 Å². The molecular formula is C45H32N2S. The van der Waals surface area contributed by atoms with Gasteiger partial charge in [0.05, 0.1) is 16.6 Å². The topological polar surface area (TPSA) is 9.86 Å². The second kappa shape index (κ2) is 9.37. The van der Waals surface area contributed by atoms with Crippen LogP contribution in [0.3, 0.4) is 0 Å². The van der Waals surface area contributed by atoms with Crippen LogP contribution in [0, 0.1) is 0 Å². The van der Waals surface area contributed by atoms with Crippen LogP contribution >= 0.6 is 11.3 Å². The first-order chi connectivity index (χ1) is 23.6. The molecule has 0 unspecified atom stereocenters. The Hall–Kier alpha value is -5.38. The van der Waals surface area contributed by atoms with Crippen molar-refractivity contribution in [3.05, 3.63) is 150 Å². The first-order valence-electron chi connectivity index (χ1n) is 17.0. The number of hydrogen-bond donors (Lipinski definition) is 0. The summed E-state index contributed by atoms with van der Waals surface area (Å²) in [5.41, 5.74) is 14.5. The molecule has 3 aromatic heterocycles. The molecule has 228 valence electrons. The maximum absolute atomic E-state index is 2.49. The Morgan fingerprint density at radius 1 is 0.542 bits per heavy atom. The van der Waals surface area contributed by atoms with E-state index in [1.165, 1.54) is 97.8 Å². The molecule has 3 heteroatoms. The fourth-order valence-corrected chi connectivity index (χ4v) is 10.0. The van der Waals surface area contributed by atoms with Gasteiger partial charge >= 0.3 is 0 Å². The average molecular weight is 633 g/mol. The van der Waals surface area contributed by atoms with Gasteiger partial charge in [-0.05, 0) is 107 Å². The minimum atomic E-state index is -0.0992. The van der Waals surface area contributed by atoms with Crippen LogP contribution in [0.15, 0.2) is 127 Å². The van der Waals surface area contributed by atoms with Crippen LogP contribution in [0.25, 0.3) is 81.5 Å². The Labute approximate surface area is 282 Å². The van der Waals surface area contributed by atoms with Gasteiger partial charge in [-0.25, -0.2) is 0 Å². The van der Waals surface area contributed by atoms with Crippen LogP contribution < -0.4 is 0 Å². The maximum atomic E-state index is 2.49. The van der Waals surface area contributed by atoms with Gasteiger partial charge in [0.15, 0.2) is 0 Å². The van der Waals surface area contributed by atoms with Crippen LogP contribution in [-0.4, -0.2) is 9.13 Å². The third-order valence-corrected chi connectivity index (χ3v) is 12.3. The summed E-state index contributed by atoms with van der Waals surface area (Å²) < 4.78 is 7.62. The number of allylic oxidation sites excluding steroid dienone is 1. The van der Waals surface area contributed by atoms with Gasteiger partial charge in [0.1, 0.15) is 0 Å². The molecule has 0 saturated carbocycles. The fraction of sp³-hybridized carbons (Fsp3) is 0.111. The van der Waals surface area contributed by atoms with E-state index in [9.17, 15) is 0 Å². The Balaban J connectivity index is 1.10. The lowest BCUT2D eigenvalue weighted by Gasteiger charge is -2.22. The van der Waals surface area contributed by atoms with Crippen LogP contribution in [0.2, 0.25) is 0 Å². The van der Waals surface area contributed by atoms with E-state index >= 15 is 0 Å². The Kier molecular flexibility index (Phi) is 5.20. The molecule has 6 aromatic carbocycles. The van der Waals surface area contributed by atoms with Crippen molar-refractivity contribution in [2.45, 2.75) is 32.1 Å². The maximum Gasteiger partial charge on any atom is 0.0541 e. The van der Waals surface area contributed by atoms with Crippen molar-refractivity contribution in [3.8, 4) is 22.5 Å². The molecule has 0 radical (unpaired) electrons. The van der Waals surface area contributed by atoms with Crippen molar-refractivity contribution < 1.29 is 0 Å². The van der Waals surface area contributed by atoms with Gasteiger partial charge in [0.25, 0.3) is 0 Å². The van der Waals surface area contributed by atoms with Crippen molar-refractivity contribution in [2.75, 3.05) is 0 Å². The molecular weight excluding hydrogens is 601 g/mol. The van der Waals surface area contributed by atoms with E-state index in [4.69, 9.17) is 0 Å². The molecule has 0 N–H and O–H groups in total. The summed E-state index contributed by atoms with van der Waals surface area (Å²) in [5.74, 6) is 0. The molecule has 2 aliphatic carbocycles. The smallest absolute Gasteiger partial charge is 0.0541 e. The Bertz CT molecular complexity index is 2820. The number of rotatable bonds is 2. The monoisotopic (exact) mass is 632 g/mol. The van der Waals surface area contributed by atoms with Gasteiger partial charge in [-0.1, -0.05) is 80.6 Å². The second-order valence-electron chi connectivity index (χ2n) is 14.1. The highest BCUT2D eigenvalue weighted by atomic mass is 32.1. The van der Waals surface area contributed by atoms with Crippen LogP contribution in [-0.2, 0) is 11.8 Å². The predicted molar refractivity (Wildman–Crippen MR) is 205 cm³/mol. The van der Waals surface area contributed by atoms with Gasteiger partial charge in [0, 0.05) is 58.8 Å². The highest BCUT2D eigenvalue weighted by molar-refractivity contribution is 7.25. The largest absolute Gasteiger partial charge is 0.310 e. The molecule has 9 aromatic rings. The van der Waals surface area contributed by atoms with E-state index in [2.05, 4.69) is 156 Å². The summed E-state index contributed by atoms with van der Waals surface area (Å²) >= 11 is 1.92. The number of nitrogens with zero attached hydrogens (tertiary/aromatic N) is 2. The fourth-order valence-electron chi connectivity index (χ4n) is 8.92. The summed E-state index contributed by atoms with van der Waals surface area (Å²) in [6, 6.07) is 45.7. The molecule has 11 rings (SSSR count). The first kappa shape index (κ1) is 26.7. The molecule has 0 bridgehead atoms. The van der Waals surface area contributed by atoms with Crippen molar-refractivity contribution >= 4 is 70.3 Å². The number of benzene rings is 6. The van der Waals surface area contributed by atoms with E-state index in [0.29, 0.717) is 0 Å². The highest BCUT2D eigenvalue weighted by Crippen LogP contribution is 2.52. The zero-order chi connectivity index (χ0) is 31.7. The van der Waals surface area contributed by atoms with E-state index in [1.54, 1.807) is 0 Å². The zero-order valence-electron chi connectivity index (χ0n) is 26.9. The van der Waals surface area contributed by atoms with E-state index in [-0.39, 0.29) is 5.41 Å². The number of aromatic nitrogens is 2. The molecule has 3 heterocycles. The van der Waals surface area contributed by atoms with Crippen molar-refractivity contribution in [1.82, 2.24) is 9.13 Å². The van der Waals surface area contributed by atoms with E-state index < -0.39 is 0 Å². The Morgan fingerprint density at radius 3 is 1.94 bits per heavy atom. The predicted octanol–water partition coefficient (Wildman–Crippen LogP) is 12.4. The molecule has 0 fully saturated rings. The molecule has 2 aliphatic rings. The van der Waals surface area contributed by atoms with Gasteiger partial charge in [-0.3, -0.25) is 0 Å². The summed E-state index contributed by atoms with van der Waals surface area (Å²) in [6.45, 7) is 4.81. The standard InChI is InChI=1S/C45H32N2S/c1-45(2)37-24-28(47-41-17-9-5-13-32(41)33-14-6-10-18-42(33)47)19-21-29(37)34-25-36-35-23-27(20-22-43(35)48-44(36)26-38(34)45)46-39-15-7-3-11-30(39)31-12-4-8-16-40(31)46/h3-5,7-13,15-26H,6,14H2,1-2H3. The number of hydrogen-bond acceptors (Lipinski definition) is 1. The minimum absolute atomic E-state index is 0.0992. The normalized spacial score (nSPS) is 14.8. The second-order valence-corrected chi connectivity index (χ2v) is 15.1. The lowest BCUT2D eigenvalue weighted by molar-refractivity contribution is 0.660. The quantitative estimate of drug-likeness (QED) is 0.179. The summed E-state index contributed by atoms with van der Waals surface area (Å²) in [7, 11) is 0. The van der Waals surface area contributed by atoms with Crippen LogP contribution in [0.5, 0.6) is 0 Å². The number of thiophene rings is 1. The Morgan fingerprint density at radius 2 is 1.17 bits per heavy atom. The zero-order valence-corrected chi connectivity index (χ0v) is 27.7. The summed E-state index contributed by atoms with van der Waals surface area (Å²) in [6.07, 6.45) is 6.87. The highest BCUT2D eigenvalue weighted by Gasteiger charge is 2.36. The van der Waals surface area contributed by atoms with Gasteiger partial charge < -0.3 is 9.13 Å². The molecule has 0 aliphatic heterocycles. The van der Waals surface area contributed by atoms with Crippen LogP contribution in [0.1, 0.15) is 42.7 Å². The molecule has 0 saturated heterocycles. The van der Waals surface area contributed by atoms with Gasteiger partial charge in [0.2, 0.25) is 0 Å². The SMILES string of the molecule is CC1(C)c2cc(-n3c4c(c5ccccc53)CCC=C4)ccc2-c2cc3c(cc21)sc1ccc(-n2c4ccccc4c4ccccc42)cc13. The molecule has 0 spiro atoms. The lowest BCUT2D eigenvalue weighted by atomic mass is 9.82. The number of fused-ring (bicyclic) bond motifs is 12. The number of para-hydroxylation sites is 3. The molecule has 48 heavy (non-hydrogen) atoms. The van der Waals surface area contributed by atoms with Crippen molar-refractivity contribution in [3.63, 3.8) is 0 Å². The van der Waals surface area contributed by atoms with Crippen molar-refractivity contribution in [2.24, 2.45) is 0 Å². The van der Waals surface area contributed by atoms with Gasteiger partial charge in [-0.15, -0.1) is 11.3 Å². The van der Waals surface area contributed by atoms with Crippen LogP contribution in [0.4, 0.5) is 0 Å². The third-order valence-electron chi connectivity index (χ3n) is 11.2. The summed E-state index contributed by atoms with van der Waals surface area (Å²) in [5, 5.41) is 6.65.